The molecule has 1 heterocycles. The number of carbonyl (C=O) groups excluding carboxylic acids is 1. The Kier molecular flexibility index (Phi) is 11.4. The van der Waals surface area contributed by atoms with Gasteiger partial charge in [0.05, 0.1) is 23.6 Å². The lowest BCUT2D eigenvalue weighted by molar-refractivity contribution is -0.137. The number of halogens is 3. The van der Waals surface area contributed by atoms with Crippen LogP contribution in [0.15, 0.2) is 60.7 Å². The summed E-state index contributed by atoms with van der Waals surface area (Å²) in [4.78, 5) is 15.9. The van der Waals surface area contributed by atoms with E-state index in [1.807, 2.05) is 25.1 Å². The topological polar surface area (TPSA) is 153 Å². The lowest BCUT2D eigenvalue weighted by Crippen LogP contribution is -2.44. The minimum atomic E-state index is -4.63. The number of sulfonamides is 1. The van der Waals surface area contributed by atoms with Crippen molar-refractivity contribution in [3.05, 3.63) is 88.6 Å². The van der Waals surface area contributed by atoms with Gasteiger partial charge in [0.15, 0.2) is 8.32 Å². The lowest BCUT2D eigenvalue weighted by atomic mass is 10.0. The van der Waals surface area contributed by atoms with Gasteiger partial charge in [-0.25, -0.2) is 8.42 Å². The van der Waals surface area contributed by atoms with E-state index in [4.69, 9.17) is 4.43 Å². The predicted octanol–water partition coefficient (Wildman–Crippen LogP) is 7.18. The molecule has 50 heavy (non-hydrogen) atoms. The zero-order chi connectivity index (χ0) is 37.2. The summed E-state index contributed by atoms with van der Waals surface area (Å²) in [6.45, 7) is 12.9. The Bertz CT molecular complexity index is 1960. The van der Waals surface area contributed by atoms with E-state index in [1.165, 1.54) is 12.1 Å². The maximum atomic E-state index is 13.1. The first-order valence-corrected chi connectivity index (χ1v) is 20.8. The molecule has 4 rings (SSSR count). The molecule has 0 unspecified atom stereocenters. The third-order valence-electron chi connectivity index (χ3n) is 8.81. The fourth-order valence-electron chi connectivity index (χ4n) is 5.18. The smallest absolute Gasteiger partial charge is 0.416 e. The number of aromatic hydroxyl groups is 2. The van der Waals surface area contributed by atoms with Crippen molar-refractivity contribution in [2.24, 2.45) is 0 Å². The fourth-order valence-corrected chi connectivity index (χ4v) is 7.03. The molecule has 0 saturated heterocycles. The summed E-state index contributed by atoms with van der Waals surface area (Å²) in [5.74, 6) is -1.24. The van der Waals surface area contributed by atoms with Crippen molar-refractivity contribution >= 4 is 40.8 Å². The number of hydrogen-bond donors (Lipinski definition) is 6. The summed E-state index contributed by atoms with van der Waals surface area (Å²) in [5.41, 5.74) is 1.84. The highest BCUT2D eigenvalue weighted by molar-refractivity contribution is 7.92. The van der Waals surface area contributed by atoms with Gasteiger partial charge < -0.3 is 30.3 Å². The first kappa shape index (κ1) is 38.7. The molecule has 1 amide bonds. The molecule has 4 aromatic rings. The Morgan fingerprint density at radius 2 is 1.68 bits per heavy atom. The van der Waals surface area contributed by atoms with Crippen LogP contribution in [0.1, 0.15) is 66.5 Å². The predicted molar refractivity (Wildman–Crippen MR) is 191 cm³/mol. The lowest BCUT2D eigenvalue weighted by Gasteiger charge is -2.40. The van der Waals surface area contributed by atoms with Gasteiger partial charge >= 0.3 is 6.18 Å². The maximum Gasteiger partial charge on any atom is 0.416 e. The number of anilines is 1. The van der Waals surface area contributed by atoms with Crippen molar-refractivity contribution < 1.29 is 41.0 Å². The van der Waals surface area contributed by atoms with Crippen LogP contribution in [0.4, 0.5) is 18.9 Å². The summed E-state index contributed by atoms with van der Waals surface area (Å²) in [7, 11) is -5.91. The summed E-state index contributed by atoms with van der Waals surface area (Å²) in [5, 5.41) is 26.8. The van der Waals surface area contributed by atoms with Gasteiger partial charge in [0, 0.05) is 30.0 Å². The zero-order valence-corrected chi connectivity index (χ0v) is 30.9. The second-order valence-corrected chi connectivity index (χ2v) is 20.7. The molecule has 0 aliphatic carbocycles. The Hall–Kier alpha value is -4.05. The molecule has 0 saturated carbocycles. The van der Waals surface area contributed by atoms with E-state index in [1.54, 1.807) is 18.2 Å². The van der Waals surface area contributed by atoms with Crippen molar-refractivity contribution in [2.75, 3.05) is 17.5 Å². The Labute approximate surface area is 291 Å². The van der Waals surface area contributed by atoms with Gasteiger partial charge in [-0.15, -0.1) is 0 Å². The Balaban J connectivity index is 1.45. The van der Waals surface area contributed by atoms with Crippen LogP contribution in [-0.4, -0.2) is 56.7 Å². The number of carbonyl (C=O) groups is 1. The number of benzene rings is 3. The van der Waals surface area contributed by atoms with Crippen LogP contribution in [0.3, 0.4) is 0 Å². The molecular formula is C35H45F3N4O6SSi. The number of aromatic nitrogens is 1. The molecule has 0 spiro atoms. The molecule has 6 N–H and O–H groups in total. The van der Waals surface area contributed by atoms with Crippen molar-refractivity contribution in [3.8, 4) is 11.5 Å². The molecular weight excluding hydrogens is 690 g/mol. The number of alkyl halides is 3. The van der Waals surface area contributed by atoms with Crippen LogP contribution in [0.25, 0.3) is 10.9 Å². The number of nitrogens with one attached hydrogen (secondary N) is 4. The second kappa shape index (κ2) is 14.7. The SMILES string of the molecule is C[C@H](Cc1ccc2[nH]c(C(=O)NCc3cc(O)cc(C(F)(F)F)c3)cc2c1)NC[C@H](O[Si](C)(C)C(C)(C)C)c1ccc(O)c(NS(C)(=O)=O)c1. The highest BCUT2D eigenvalue weighted by Crippen LogP contribution is 2.40. The van der Waals surface area contributed by atoms with Crippen LogP contribution in [0.2, 0.25) is 18.1 Å². The summed E-state index contributed by atoms with van der Waals surface area (Å²) in [6, 6.07) is 14.9. The van der Waals surface area contributed by atoms with Gasteiger partial charge in [0.2, 0.25) is 10.0 Å². The van der Waals surface area contributed by atoms with Crippen LogP contribution in [0, 0.1) is 0 Å². The molecule has 0 radical (unpaired) electrons. The van der Waals surface area contributed by atoms with Gasteiger partial charge in [-0.1, -0.05) is 32.9 Å². The number of amides is 1. The van der Waals surface area contributed by atoms with E-state index in [0.717, 1.165) is 23.3 Å². The minimum Gasteiger partial charge on any atom is -0.508 e. The quantitative estimate of drug-likeness (QED) is 0.0629. The summed E-state index contributed by atoms with van der Waals surface area (Å²) >= 11 is 0. The fraction of sp³-hybridized carbons (Fsp3) is 0.400. The number of hydrogen-bond acceptors (Lipinski definition) is 7. The molecule has 272 valence electrons. The zero-order valence-electron chi connectivity index (χ0n) is 29.1. The van der Waals surface area contributed by atoms with Gasteiger partial charge in [-0.2, -0.15) is 13.2 Å². The summed E-state index contributed by atoms with van der Waals surface area (Å²) < 4.78 is 72.3. The molecule has 1 aromatic heterocycles. The van der Waals surface area contributed by atoms with Crippen LogP contribution in [-0.2, 0) is 33.6 Å². The third kappa shape index (κ3) is 10.2. The van der Waals surface area contributed by atoms with Gasteiger partial charge in [-0.3, -0.25) is 9.52 Å². The number of rotatable bonds is 13. The first-order chi connectivity index (χ1) is 23.0. The Morgan fingerprint density at radius 1 is 0.980 bits per heavy atom. The standard InChI is InChI=1S/C35H45F3N4O6SSi/c1-21(39-20-32(48-50(6,7)34(2,3)4)24-9-11-31(44)29(16-24)42-49(5,46)47)12-22-8-10-28-25(13-22)17-30(41-28)33(45)40-19-23-14-26(35(36,37)38)18-27(43)15-23/h8-11,13-18,21,32,39,41-44H,12,19-20H2,1-7H3,(H,40,45)/t21-,32+/m1/s1. The largest absolute Gasteiger partial charge is 0.508 e. The van der Waals surface area contributed by atoms with Crippen LogP contribution < -0.4 is 15.4 Å². The maximum absolute atomic E-state index is 13.1. The normalized spacial score (nSPS) is 14.0. The average Bonchev–Trinajstić information content (AvgIpc) is 3.41. The molecule has 0 fully saturated rings. The first-order valence-electron chi connectivity index (χ1n) is 16.0. The third-order valence-corrected chi connectivity index (χ3v) is 13.9. The molecule has 0 aliphatic heterocycles. The average molecular weight is 735 g/mol. The van der Waals surface area contributed by atoms with E-state index < -0.39 is 47.8 Å². The minimum absolute atomic E-state index is 0.0192. The second-order valence-electron chi connectivity index (χ2n) is 14.2. The van der Waals surface area contributed by atoms with E-state index in [0.29, 0.717) is 30.1 Å². The van der Waals surface area contributed by atoms with E-state index in [9.17, 15) is 36.6 Å². The Morgan fingerprint density at radius 3 is 2.32 bits per heavy atom. The van der Waals surface area contributed by atoms with Crippen molar-refractivity contribution in [3.63, 3.8) is 0 Å². The molecule has 0 bridgehead atoms. The van der Waals surface area contributed by atoms with E-state index >= 15 is 0 Å². The molecule has 3 aromatic carbocycles. The van der Waals surface area contributed by atoms with E-state index in [-0.39, 0.29) is 40.3 Å². The van der Waals surface area contributed by atoms with Crippen LogP contribution >= 0.6 is 0 Å². The summed E-state index contributed by atoms with van der Waals surface area (Å²) in [6.07, 6.45) is -3.42. The number of H-pyrrole nitrogens is 1. The highest BCUT2D eigenvalue weighted by atomic mass is 32.2. The number of fused-ring (bicyclic) bond motifs is 1. The molecule has 0 aliphatic rings. The van der Waals surface area contributed by atoms with Gasteiger partial charge in [-0.05, 0) is 96.7 Å². The van der Waals surface area contributed by atoms with E-state index in [2.05, 4.69) is 54.2 Å². The highest BCUT2D eigenvalue weighted by Gasteiger charge is 2.39. The van der Waals surface area contributed by atoms with Crippen molar-refractivity contribution in [2.45, 2.75) is 77.1 Å². The number of phenols is 2. The number of aromatic amines is 1. The molecule has 2 atom stereocenters. The van der Waals surface area contributed by atoms with Crippen molar-refractivity contribution in [1.82, 2.24) is 15.6 Å². The van der Waals surface area contributed by atoms with Gasteiger partial charge in [0.25, 0.3) is 5.91 Å². The molecule has 15 heteroatoms. The van der Waals surface area contributed by atoms with Crippen LogP contribution in [0.5, 0.6) is 11.5 Å². The van der Waals surface area contributed by atoms with Crippen molar-refractivity contribution in [1.29, 1.82) is 0 Å². The van der Waals surface area contributed by atoms with Gasteiger partial charge in [0.1, 0.15) is 17.2 Å². The molecule has 10 nitrogen and oxygen atoms in total. The monoisotopic (exact) mass is 734 g/mol. The number of phenolic OH excluding ortho intramolecular Hbond substituents is 2.